The van der Waals surface area contributed by atoms with Gasteiger partial charge in [0, 0.05) is 15.0 Å². The Morgan fingerprint density at radius 2 is 1.21 bits per heavy atom. The van der Waals surface area contributed by atoms with Crippen LogP contribution in [0.3, 0.4) is 0 Å². The van der Waals surface area contributed by atoms with Crippen LogP contribution in [-0.4, -0.2) is 75.1 Å². The van der Waals surface area contributed by atoms with Gasteiger partial charge in [0.15, 0.2) is 5.60 Å². The van der Waals surface area contributed by atoms with E-state index in [-0.39, 0.29) is 2.85 Å². The van der Waals surface area contributed by atoms with Gasteiger partial charge in [-0.3, -0.25) is 9.59 Å². The van der Waals surface area contributed by atoms with E-state index in [2.05, 4.69) is 43.0 Å². The van der Waals surface area contributed by atoms with Crippen molar-refractivity contribution in [1.29, 1.82) is 0 Å². The fraction of sp³-hybridized carbons (Fsp3) is 0.281. The molecule has 0 fully saturated rings. The van der Waals surface area contributed by atoms with Gasteiger partial charge in [0.1, 0.15) is 12.4 Å². The first kappa shape index (κ1) is 34.0. The average Bonchev–Trinajstić information content (AvgIpc) is 2.96. The van der Waals surface area contributed by atoms with Crippen LogP contribution < -0.4 is 4.74 Å². The molecule has 0 atom stereocenters. The Kier molecular flexibility index (Phi) is 13.7. The van der Waals surface area contributed by atoms with E-state index < -0.39 is 36.4 Å². The molecule has 4 N–H and O–H groups in total. The van der Waals surface area contributed by atoms with Gasteiger partial charge in [-0.15, -0.1) is 0 Å². The largest absolute Gasteiger partial charge is 0.492 e. The highest BCUT2D eigenvalue weighted by Crippen LogP contribution is 2.35. The summed E-state index contributed by atoms with van der Waals surface area (Å²) in [4.78, 5) is 32.8. The maximum Gasteiger partial charge on any atom is 0.336 e. The minimum absolute atomic E-state index is 0. The molecule has 0 aliphatic rings. The van der Waals surface area contributed by atoms with Crippen LogP contribution in [0.5, 0.6) is 5.75 Å². The summed E-state index contributed by atoms with van der Waals surface area (Å²) < 4.78 is 5.94. The molecule has 9 nitrogen and oxygen atoms in total. The van der Waals surface area contributed by atoms with Crippen LogP contribution in [0.2, 0.25) is 0 Å². The standard InChI is InChI=1S/C26H28ClNO.C6H8O7.2H2/c1-3-28(4-2)19-20-29-24-17-15-22(16-18-24)25(21-11-7-5-8-12-21)26(27)23-13-9-6-10-14-23;7-3(8)1-6(13,5(11)12)2-4(9)10;;/h5-18H,3-4,19-20H2,1-2H3;13H,1-2H2,(H,7,8)(H,9,10)(H,11,12);2*1H/b26-25-;;;. The first-order valence-electron chi connectivity index (χ1n) is 13.4. The van der Waals surface area contributed by atoms with Crippen LogP contribution in [0.1, 0.15) is 46.2 Å². The lowest BCUT2D eigenvalue weighted by Crippen LogP contribution is -2.42. The minimum atomic E-state index is -2.74. The van der Waals surface area contributed by atoms with Crippen LogP contribution in [0.25, 0.3) is 10.6 Å². The number of hydrogen-bond acceptors (Lipinski definition) is 6. The molecule has 42 heavy (non-hydrogen) atoms. The first-order valence-corrected chi connectivity index (χ1v) is 13.7. The van der Waals surface area contributed by atoms with Crippen molar-refractivity contribution in [2.24, 2.45) is 0 Å². The van der Waals surface area contributed by atoms with Crippen LogP contribution in [0.15, 0.2) is 84.9 Å². The summed E-state index contributed by atoms with van der Waals surface area (Å²) in [5.41, 5.74) is 1.45. The summed E-state index contributed by atoms with van der Waals surface area (Å²) in [7, 11) is 0. The molecule has 0 aliphatic carbocycles. The quantitative estimate of drug-likeness (QED) is 0.168. The van der Waals surface area contributed by atoms with Crippen molar-refractivity contribution in [3.05, 3.63) is 102 Å². The second-order valence-electron chi connectivity index (χ2n) is 9.30. The third-order valence-corrected chi connectivity index (χ3v) is 6.72. The lowest BCUT2D eigenvalue weighted by molar-refractivity contribution is -0.170. The SMILES string of the molecule is CCN(CC)CCOc1ccc(/C(=C(\Cl)c2ccccc2)c2ccccc2)cc1.O=C(O)CC(O)(CC(=O)O)C(=O)O.[HH].[HH]. The molecule has 0 saturated carbocycles. The molecule has 0 bridgehead atoms. The molecule has 0 radical (unpaired) electrons. The molecule has 3 aromatic rings. The Balaban J connectivity index is 0.00000106. The zero-order valence-electron chi connectivity index (χ0n) is 23.6. The van der Waals surface area contributed by atoms with E-state index in [1.165, 1.54) is 0 Å². The number of benzene rings is 3. The second kappa shape index (κ2) is 16.9. The monoisotopic (exact) mass is 601 g/mol. The van der Waals surface area contributed by atoms with Gasteiger partial charge in [0.2, 0.25) is 0 Å². The third kappa shape index (κ3) is 10.7. The van der Waals surface area contributed by atoms with Crippen LogP contribution in [-0.2, 0) is 14.4 Å². The lowest BCUT2D eigenvalue weighted by atomic mass is 9.95. The third-order valence-electron chi connectivity index (χ3n) is 6.31. The summed E-state index contributed by atoms with van der Waals surface area (Å²) in [6.07, 6.45) is -2.29. The number of carbonyl (C=O) groups is 3. The zero-order chi connectivity index (χ0) is 31.1. The van der Waals surface area contributed by atoms with Crippen molar-refractivity contribution in [3.8, 4) is 5.75 Å². The Bertz CT molecular complexity index is 1320. The summed E-state index contributed by atoms with van der Waals surface area (Å²) in [5, 5.41) is 34.6. The number of aliphatic carboxylic acids is 3. The van der Waals surface area contributed by atoms with Crippen molar-refractivity contribution in [1.82, 2.24) is 4.90 Å². The van der Waals surface area contributed by atoms with E-state index in [1.807, 2.05) is 60.7 Å². The Labute approximate surface area is 253 Å². The second-order valence-corrected chi connectivity index (χ2v) is 9.68. The van der Waals surface area contributed by atoms with Crippen molar-refractivity contribution >= 4 is 40.1 Å². The highest BCUT2D eigenvalue weighted by Gasteiger charge is 2.40. The van der Waals surface area contributed by atoms with Gasteiger partial charge in [0.25, 0.3) is 0 Å². The fourth-order valence-electron chi connectivity index (χ4n) is 4.02. The predicted molar refractivity (Wildman–Crippen MR) is 166 cm³/mol. The molecular weight excluding hydrogens is 562 g/mol. The van der Waals surface area contributed by atoms with Crippen LogP contribution in [0, 0.1) is 0 Å². The van der Waals surface area contributed by atoms with Crippen molar-refractivity contribution in [3.63, 3.8) is 0 Å². The molecule has 0 unspecified atom stereocenters. The number of nitrogens with zero attached hydrogens (tertiary/aromatic N) is 1. The molecule has 3 rings (SSSR count). The topological polar surface area (TPSA) is 145 Å². The van der Waals surface area contributed by atoms with E-state index >= 15 is 0 Å². The molecule has 228 valence electrons. The van der Waals surface area contributed by atoms with Gasteiger partial charge in [0.05, 0.1) is 17.9 Å². The van der Waals surface area contributed by atoms with Gasteiger partial charge < -0.3 is 30.1 Å². The maximum absolute atomic E-state index is 10.3. The highest BCUT2D eigenvalue weighted by molar-refractivity contribution is 6.53. The number of likely N-dealkylation sites (N-methyl/N-ethyl adjacent to an activating group) is 1. The summed E-state index contributed by atoms with van der Waals surface area (Å²) in [6.45, 7) is 8.05. The van der Waals surface area contributed by atoms with Gasteiger partial charge in [-0.05, 0) is 41.9 Å². The molecule has 0 aromatic heterocycles. The lowest BCUT2D eigenvalue weighted by Gasteiger charge is -2.18. The van der Waals surface area contributed by atoms with Crippen molar-refractivity contribution in [2.75, 3.05) is 26.2 Å². The summed E-state index contributed by atoms with van der Waals surface area (Å²) >= 11 is 6.87. The normalized spacial score (nSPS) is 11.6. The average molecular weight is 602 g/mol. The Morgan fingerprint density at radius 3 is 1.64 bits per heavy atom. The van der Waals surface area contributed by atoms with E-state index in [1.54, 1.807) is 0 Å². The maximum atomic E-state index is 10.3. The summed E-state index contributed by atoms with van der Waals surface area (Å²) in [5.74, 6) is -4.14. The number of aliphatic hydroxyl groups is 1. The van der Waals surface area contributed by atoms with Gasteiger partial charge >= 0.3 is 17.9 Å². The highest BCUT2D eigenvalue weighted by atomic mass is 35.5. The van der Waals surface area contributed by atoms with E-state index in [9.17, 15) is 14.4 Å². The van der Waals surface area contributed by atoms with E-state index in [0.717, 1.165) is 52.7 Å². The zero-order valence-corrected chi connectivity index (χ0v) is 24.3. The van der Waals surface area contributed by atoms with Crippen LogP contribution >= 0.6 is 11.6 Å². The minimum Gasteiger partial charge on any atom is -0.492 e. The van der Waals surface area contributed by atoms with Gasteiger partial charge in [-0.2, -0.15) is 0 Å². The van der Waals surface area contributed by atoms with Crippen LogP contribution in [0.4, 0.5) is 0 Å². The molecule has 0 spiro atoms. The predicted octanol–water partition coefficient (Wildman–Crippen LogP) is 5.81. The number of rotatable bonds is 14. The smallest absolute Gasteiger partial charge is 0.336 e. The molecule has 0 heterocycles. The molecular formula is C32H40ClNO8. The summed E-state index contributed by atoms with van der Waals surface area (Å²) in [6, 6.07) is 28.6. The Morgan fingerprint density at radius 1 is 0.762 bits per heavy atom. The van der Waals surface area contributed by atoms with E-state index in [4.69, 9.17) is 36.8 Å². The number of ether oxygens (including phenoxy) is 1. The van der Waals surface area contributed by atoms with Gasteiger partial charge in [-0.1, -0.05) is 98.2 Å². The number of hydrogen-bond donors (Lipinski definition) is 4. The molecule has 10 heteroatoms. The fourth-order valence-corrected chi connectivity index (χ4v) is 4.36. The number of carboxylic acids is 3. The number of carboxylic acid groups (broad SMARTS) is 3. The number of halogens is 1. The molecule has 3 aromatic carbocycles. The van der Waals surface area contributed by atoms with Gasteiger partial charge in [-0.25, -0.2) is 4.79 Å². The van der Waals surface area contributed by atoms with Crippen molar-refractivity contribution in [2.45, 2.75) is 32.3 Å². The van der Waals surface area contributed by atoms with Crippen molar-refractivity contribution < 1.29 is 42.4 Å². The van der Waals surface area contributed by atoms with E-state index in [0.29, 0.717) is 6.61 Å². The first-order chi connectivity index (χ1) is 20.0. The molecule has 0 saturated heterocycles. The molecule has 0 amide bonds. The Hall–Kier alpha value is -4.18. The molecule has 0 aliphatic heterocycles.